The van der Waals surface area contributed by atoms with Crippen LogP contribution in [0.2, 0.25) is 10.0 Å². The molecular weight excluding hydrogens is 301 g/mol. The first-order valence-corrected chi connectivity index (χ1v) is 6.63. The zero-order chi connectivity index (χ0) is 14.5. The minimum absolute atomic E-state index is 0.0910. The minimum Gasteiger partial charge on any atom is -0.492 e. The fourth-order valence-electron chi connectivity index (χ4n) is 1.76. The van der Waals surface area contributed by atoms with Crippen LogP contribution in [0.5, 0.6) is 5.75 Å². The van der Waals surface area contributed by atoms with Gasteiger partial charge in [0.2, 0.25) is 0 Å². The van der Waals surface area contributed by atoms with Crippen LogP contribution >= 0.6 is 23.2 Å². The van der Waals surface area contributed by atoms with E-state index in [1.807, 2.05) is 0 Å². The minimum atomic E-state index is -0.401. The van der Waals surface area contributed by atoms with Crippen LogP contribution < -0.4 is 4.74 Å². The molecular formula is C14H11Cl2NO3. The van der Waals surface area contributed by atoms with Gasteiger partial charge in [0.25, 0.3) is 5.69 Å². The maximum atomic E-state index is 10.9. The van der Waals surface area contributed by atoms with Gasteiger partial charge in [-0.25, -0.2) is 0 Å². The first-order valence-electron chi connectivity index (χ1n) is 5.88. The van der Waals surface area contributed by atoms with Gasteiger partial charge in [-0.1, -0.05) is 41.4 Å². The van der Waals surface area contributed by atoms with Crippen LogP contribution in [0, 0.1) is 10.1 Å². The third-order valence-electron chi connectivity index (χ3n) is 2.71. The number of halogens is 2. The fraction of sp³-hybridized carbons (Fsp3) is 0.143. The van der Waals surface area contributed by atoms with Crippen molar-refractivity contribution in [3.63, 3.8) is 0 Å². The highest BCUT2D eigenvalue weighted by Gasteiger charge is 2.12. The monoisotopic (exact) mass is 311 g/mol. The molecule has 0 bridgehead atoms. The predicted octanol–water partition coefficient (Wildman–Crippen LogP) is 4.52. The zero-order valence-electron chi connectivity index (χ0n) is 10.4. The smallest absolute Gasteiger partial charge is 0.272 e. The summed E-state index contributed by atoms with van der Waals surface area (Å²) >= 11 is 11.8. The molecule has 0 aliphatic rings. The van der Waals surface area contributed by atoms with E-state index in [9.17, 15) is 10.1 Å². The summed E-state index contributed by atoms with van der Waals surface area (Å²) in [6.07, 6.45) is 0.417. The number of nitrogens with zero attached hydrogens (tertiary/aromatic N) is 1. The van der Waals surface area contributed by atoms with Gasteiger partial charge in [0.15, 0.2) is 0 Å². The van der Waals surface area contributed by atoms with Crippen LogP contribution in [0.3, 0.4) is 0 Å². The van der Waals surface area contributed by atoms with E-state index in [1.165, 1.54) is 6.07 Å². The van der Waals surface area contributed by atoms with E-state index in [0.29, 0.717) is 27.8 Å². The molecule has 20 heavy (non-hydrogen) atoms. The molecule has 0 fully saturated rings. The molecule has 0 saturated heterocycles. The van der Waals surface area contributed by atoms with Gasteiger partial charge in [-0.15, -0.1) is 0 Å². The Hall–Kier alpha value is -1.78. The lowest BCUT2D eigenvalue weighted by atomic mass is 10.1. The van der Waals surface area contributed by atoms with Gasteiger partial charge < -0.3 is 4.74 Å². The lowest BCUT2D eigenvalue weighted by molar-refractivity contribution is -0.385. The molecule has 6 heteroatoms. The topological polar surface area (TPSA) is 52.4 Å². The fourth-order valence-corrected chi connectivity index (χ4v) is 2.09. The van der Waals surface area contributed by atoms with E-state index in [0.717, 1.165) is 0 Å². The molecule has 0 radical (unpaired) electrons. The van der Waals surface area contributed by atoms with Gasteiger partial charge in [-0.05, 0) is 12.1 Å². The average Bonchev–Trinajstić information content (AvgIpc) is 2.43. The predicted molar refractivity (Wildman–Crippen MR) is 78.8 cm³/mol. The third-order valence-corrected chi connectivity index (χ3v) is 3.26. The quantitative estimate of drug-likeness (QED) is 0.602. The van der Waals surface area contributed by atoms with Crippen LogP contribution in [0.25, 0.3) is 0 Å². The first kappa shape index (κ1) is 14.6. The Kier molecular flexibility index (Phi) is 4.82. The summed E-state index contributed by atoms with van der Waals surface area (Å²) in [6.45, 7) is 0.283. The second-order valence-corrected chi connectivity index (χ2v) is 4.90. The maximum absolute atomic E-state index is 10.9. The maximum Gasteiger partial charge on any atom is 0.272 e. The van der Waals surface area contributed by atoms with Crippen molar-refractivity contribution in [1.29, 1.82) is 0 Å². The van der Waals surface area contributed by atoms with E-state index >= 15 is 0 Å². The average molecular weight is 312 g/mol. The van der Waals surface area contributed by atoms with Gasteiger partial charge >= 0.3 is 0 Å². The lowest BCUT2D eigenvalue weighted by Gasteiger charge is -2.08. The number of hydrogen-bond acceptors (Lipinski definition) is 3. The second kappa shape index (κ2) is 6.59. The van der Waals surface area contributed by atoms with Crippen molar-refractivity contribution in [1.82, 2.24) is 0 Å². The van der Waals surface area contributed by atoms with Crippen molar-refractivity contribution >= 4 is 28.9 Å². The Morgan fingerprint density at radius 1 is 1.15 bits per heavy atom. The molecule has 0 aliphatic heterocycles. The van der Waals surface area contributed by atoms with Crippen molar-refractivity contribution in [3.05, 3.63) is 68.2 Å². The molecule has 2 aromatic rings. The molecule has 0 unspecified atom stereocenters. The van der Waals surface area contributed by atoms with Gasteiger partial charge in [0, 0.05) is 29.1 Å². The van der Waals surface area contributed by atoms with E-state index in [2.05, 4.69) is 0 Å². The summed E-state index contributed by atoms with van der Waals surface area (Å²) < 4.78 is 5.52. The Balaban J connectivity index is 2.03. The molecule has 4 nitrogen and oxygen atoms in total. The highest BCUT2D eigenvalue weighted by Crippen LogP contribution is 2.28. The lowest BCUT2D eigenvalue weighted by Crippen LogP contribution is -2.04. The molecule has 2 aromatic carbocycles. The van der Waals surface area contributed by atoms with E-state index < -0.39 is 4.92 Å². The summed E-state index contributed by atoms with van der Waals surface area (Å²) in [5.74, 6) is 0.470. The Labute approximate surface area is 126 Å². The van der Waals surface area contributed by atoms with Crippen molar-refractivity contribution in [3.8, 4) is 5.75 Å². The van der Waals surface area contributed by atoms with Gasteiger partial charge in [-0.3, -0.25) is 10.1 Å². The largest absolute Gasteiger partial charge is 0.492 e. The summed E-state index contributed by atoms with van der Waals surface area (Å²) in [7, 11) is 0. The number of nitro groups is 1. The molecule has 0 spiro atoms. The molecule has 2 rings (SSSR count). The van der Waals surface area contributed by atoms with Crippen molar-refractivity contribution in [2.24, 2.45) is 0 Å². The first-order chi connectivity index (χ1) is 9.58. The molecule has 0 aliphatic carbocycles. The molecule has 0 saturated carbocycles. The summed E-state index contributed by atoms with van der Waals surface area (Å²) in [5.41, 5.74) is 0.712. The van der Waals surface area contributed by atoms with Gasteiger partial charge in [0.05, 0.1) is 16.6 Å². The Morgan fingerprint density at radius 2 is 1.90 bits per heavy atom. The Morgan fingerprint density at radius 3 is 2.65 bits per heavy atom. The molecule has 0 N–H and O–H groups in total. The number of ether oxygens (including phenoxy) is 1. The highest BCUT2D eigenvalue weighted by molar-refractivity contribution is 6.34. The zero-order valence-corrected chi connectivity index (χ0v) is 11.9. The van der Waals surface area contributed by atoms with Crippen LogP contribution in [0.1, 0.15) is 5.56 Å². The van der Waals surface area contributed by atoms with Crippen molar-refractivity contribution in [2.45, 2.75) is 6.42 Å². The SMILES string of the molecule is O=[N+]([O-])c1ccccc1CCOc1cc(Cl)ccc1Cl. The molecule has 0 heterocycles. The highest BCUT2D eigenvalue weighted by atomic mass is 35.5. The number of hydrogen-bond donors (Lipinski definition) is 0. The number of benzene rings is 2. The van der Waals surface area contributed by atoms with Crippen LogP contribution in [-0.4, -0.2) is 11.5 Å². The van der Waals surface area contributed by atoms with Crippen LogP contribution in [-0.2, 0) is 6.42 Å². The summed E-state index contributed by atoms with van der Waals surface area (Å²) in [6, 6.07) is 11.5. The molecule has 0 amide bonds. The molecule has 104 valence electrons. The van der Waals surface area contributed by atoms with Gasteiger partial charge in [0.1, 0.15) is 5.75 Å². The van der Waals surface area contributed by atoms with E-state index in [1.54, 1.807) is 36.4 Å². The van der Waals surface area contributed by atoms with E-state index in [-0.39, 0.29) is 12.3 Å². The summed E-state index contributed by atoms with van der Waals surface area (Å²) in [5, 5.41) is 11.9. The Bertz CT molecular complexity index is 632. The third kappa shape index (κ3) is 3.62. The molecule has 0 atom stereocenters. The van der Waals surface area contributed by atoms with Crippen LogP contribution in [0.15, 0.2) is 42.5 Å². The number of nitro benzene ring substituents is 1. The normalized spacial score (nSPS) is 10.3. The number of para-hydroxylation sites is 1. The second-order valence-electron chi connectivity index (χ2n) is 4.06. The van der Waals surface area contributed by atoms with Gasteiger partial charge in [-0.2, -0.15) is 0 Å². The molecule has 0 aromatic heterocycles. The van der Waals surface area contributed by atoms with Crippen LogP contribution in [0.4, 0.5) is 5.69 Å². The summed E-state index contributed by atoms with van der Waals surface area (Å²) in [4.78, 5) is 10.5. The standard InChI is InChI=1S/C14H11Cl2NO3/c15-11-5-6-12(16)14(9-11)20-8-7-10-3-1-2-4-13(10)17(18)19/h1-6,9H,7-8H2. The van der Waals surface area contributed by atoms with Crippen molar-refractivity contribution in [2.75, 3.05) is 6.61 Å². The van der Waals surface area contributed by atoms with E-state index in [4.69, 9.17) is 27.9 Å². The number of rotatable bonds is 5. The van der Waals surface area contributed by atoms with Crippen molar-refractivity contribution < 1.29 is 9.66 Å².